The lowest BCUT2D eigenvalue weighted by atomic mass is 10.0. The summed E-state index contributed by atoms with van der Waals surface area (Å²) in [5.74, 6) is -0.0204. The molecule has 0 aliphatic rings. The zero-order chi connectivity index (χ0) is 20.8. The van der Waals surface area contributed by atoms with E-state index in [4.69, 9.17) is 4.74 Å². The van der Waals surface area contributed by atoms with E-state index in [1.165, 1.54) is 0 Å². The Bertz CT molecular complexity index is 994. The van der Waals surface area contributed by atoms with E-state index >= 15 is 0 Å². The van der Waals surface area contributed by atoms with Crippen molar-refractivity contribution in [3.8, 4) is 0 Å². The van der Waals surface area contributed by atoms with Crippen molar-refractivity contribution in [2.45, 2.75) is 39.2 Å². The number of carbonyl (C=O) groups is 2. The third-order valence-corrected chi connectivity index (χ3v) is 4.82. The van der Waals surface area contributed by atoms with Crippen LogP contribution in [0.2, 0.25) is 0 Å². The van der Waals surface area contributed by atoms with Gasteiger partial charge in [-0.05, 0) is 36.1 Å². The predicted molar refractivity (Wildman–Crippen MR) is 115 cm³/mol. The van der Waals surface area contributed by atoms with Crippen molar-refractivity contribution in [1.29, 1.82) is 0 Å². The maximum Gasteiger partial charge on any atom is 0.407 e. The summed E-state index contributed by atoms with van der Waals surface area (Å²) in [6, 6.07) is 14.8. The van der Waals surface area contributed by atoms with E-state index in [2.05, 4.69) is 29.5 Å². The monoisotopic (exact) mass is 393 g/mol. The molecular weight excluding hydrogens is 366 g/mol. The minimum Gasteiger partial charge on any atom is -0.450 e. The molecule has 0 fully saturated rings. The van der Waals surface area contributed by atoms with E-state index in [1.54, 1.807) is 6.92 Å². The number of aromatic amines is 1. The first-order chi connectivity index (χ1) is 14.0. The number of hydrogen-bond acceptors (Lipinski definition) is 3. The minimum absolute atomic E-state index is 0.240. The Balaban J connectivity index is 1.85. The van der Waals surface area contributed by atoms with Gasteiger partial charge in [-0.3, -0.25) is 4.79 Å². The summed E-state index contributed by atoms with van der Waals surface area (Å²) in [6.07, 6.45) is 1.61. The largest absolute Gasteiger partial charge is 0.450 e. The normalized spacial score (nSPS) is 12.0. The van der Waals surface area contributed by atoms with Crippen molar-refractivity contribution in [3.05, 3.63) is 65.9 Å². The SMILES string of the molecule is CCOC(=O)N[C@H](Cc1c[nH]c2ccccc12)C(=O)Nc1ccccc1C(C)C. The number of amides is 2. The van der Waals surface area contributed by atoms with Crippen LogP contribution in [-0.4, -0.2) is 29.6 Å². The predicted octanol–water partition coefficient (Wildman–Crippen LogP) is 4.59. The Kier molecular flexibility index (Phi) is 6.54. The Hall–Kier alpha value is -3.28. The van der Waals surface area contributed by atoms with Gasteiger partial charge in [-0.1, -0.05) is 50.2 Å². The van der Waals surface area contributed by atoms with Crippen LogP contribution >= 0.6 is 0 Å². The number of fused-ring (bicyclic) bond motifs is 1. The van der Waals surface area contributed by atoms with Crippen molar-refractivity contribution < 1.29 is 14.3 Å². The third kappa shape index (κ3) is 4.96. The van der Waals surface area contributed by atoms with E-state index in [0.717, 1.165) is 27.7 Å². The molecule has 1 heterocycles. The van der Waals surface area contributed by atoms with E-state index in [-0.39, 0.29) is 18.4 Å². The molecule has 29 heavy (non-hydrogen) atoms. The maximum absolute atomic E-state index is 13.1. The van der Waals surface area contributed by atoms with Gasteiger partial charge in [0, 0.05) is 29.2 Å². The second-order valence-corrected chi connectivity index (χ2v) is 7.21. The average molecular weight is 393 g/mol. The molecule has 0 saturated heterocycles. The first kappa shape index (κ1) is 20.5. The van der Waals surface area contributed by atoms with E-state index in [0.29, 0.717) is 6.42 Å². The smallest absolute Gasteiger partial charge is 0.407 e. The first-order valence-corrected chi connectivity index (χ1v) is 9.87. The van der Waals surface area contributed by atoms with E-state index in [1.807, 2.05) is 54.7 Å². The highest BCUT2D eigenvalue weighted by atomic mass is 16.5. The molecule has 0 radical (unpaired) electrons. The molecule has 2 amide bonds. The first-order valence-electron chi connectivity index (χ1n) is 9.87. The van der Waals surface area contributed by atoms with Crippen molar-refractivity contribution in [2.75, 3.05) is 11.9 Å². The fourth-order valence-corrected chi connectivity index (χ4v) is 3.38. The minimum atomic E-state index is -0.770. The highest BCUT2D eigenvalue weighted by Crippen LogP contribution is 2.24. The zero-order valence-electron chi connectivity index (χ0n) is 17.0. The van der Waals surface area contributed by atoms with Gasteiger partial charge >= 0.3 is 6.09 Å². The number of benzene rings is 2. The Morgan fingerprint density at radius 3 is 2.55 bits per heavy atom. The number of aromatic nitrogens is 1. The van der Waals surface area contributed by atoms with Gasteiger partial charge < -0.3 is 20.4 Å². The lowest BCUT2D eigenvalue weighted by Crippen LogP contribution is -2.45. The summed E-state index contributed by atoms with van der Waals surface area (Å²) in [5, 5.41) is 6.71. The molecule has 0 unspecified atom stereocenters. The zero-order valence-corrected chi connectivity index (χ0v) is 17.0. The van der Waals surface area contributed by atoms with Crippen LogP contribution in [0.25, 0.3) is 10.9 Å². The average Bonchev–Trinajstić information content (AvgIpc) is 3.11. The van der Waals surface area contributed by atoms with Crippen LogP contribution in [0.5, 0.6) is 0 Å². The molecular formula is C23H27N3O3. The number of anilines is 1. The summed E-state index contributed by atoms with van der Waals surface area (Å²) >= 11 is 0. The lowest BCUT2D eigenvalue weighted by molar-refractivity contribution is -0.118. The number of H-pyrrole nitrogens is 1. The molecule has 2 aromatic carbocycles. The van der Waals surface area contributed by atoms with E-state index < -0.39 is 12.1 Å². The number of para-hydroxylation sites is 2. The standard InChI is InChI=1S/C23H27N3O3/c1-4-29-23(28)26-21(13-16-14-24-19-11-7-6-10-18(16)19)22(27)25-20-12-8-5-9-17(20)15(2)3/h5-12,14-15,21,24H,4,13H2,1-3H3,(H,25,27)(H,26,28)/t21-/m1/s1. The maximum atomic E-state index is 13.1. The molecule has 152 valence electrons. The number of rotatable bonds is 7. The van der Waals surface area contributed by atoms with Crippen LogP contribution in [0.15, 0.2) is 54.7 Å². The molecule has 1 atom stereocenters. The number of nitrogens with one attached hydrogen (secondary N) is 3. The second kappa shape index (κ2) is 9.28. The van der Waals surface area contributed by atoms with Gasteiger partial charge in [0.15, 0.2) is 0 Å². The molecule has 1 aromatic heterocycles. The van der Waals surface area contributed by atoms with Crippen LogP contribution in [0.1, 0.15) is 37.8 Å². The van der Waals surface area contributed by atoms with Gasteiger partial charge in [-0.15, -0.1) is 0 Å². The summed E-state index contributed by atoms with van der Waals surface area (Å²) in [6.45, 7) is 6.12. The topological polar surface area (TPSA) is 83.2 Å². The fourth-order valence-electron chi connectivity index (χ4n) is 3.38. The van der Waals surface area contributed by atoms with Gasteiger partial charge in [0.2, 0.25) is 5.91 Å². The van der Waals surface area contributed by atoms with Crippen molar-refractivity contribution in [3.63, 3.8) is 0 Å². The highest BCUT2D eigenvalue weighted by Gasteiger charge is 2.24. The van der Waals surface area contributed by atoms with Gasteiger partial charge in [-0.2, -0.15) is 0 Å². The lowest BCUT2D eigenvalue weighted by Gasteiger charge is -2.20. The highest BCUT2D eigenvalue weighted by molar-refractivity contribution is 5.98. The quantitative estimate of drug-likeness (QED) is 0.549. The van der Waals surface area contributed by atoms with Gasteiger partial charge in [0.05, 0.1) is 6.61 Å². The summed E-state index contributed by atoms with van der Waals surface area (Å²) < 4.78 is 5.00. The summed E-state index contributed by atoms with van der Waals surface area (Å²) in [4.78, 5) is 28.4. The molecule has 3 rings (SSSR count). The Morgan fingerprint density at radius 2 is 1.79 bits per heavy atom. The van der Waals surface area contributed by atoms with Crippen LogP contribution in [-0.2, 0) is 16.0 Å². The molecule has 3 aromatic rings. The second-order valence-electron chi connectivity index (χ2n) is 7.21. The van der Waals surface area contributed by atoms with Gasteiger partial charge in [0.25, 0.3) is 0 Å². The van der Waals surface area contributed by atoms with Crippen LogP contribution < -0.4 is 10.6 Å². The van der Waals surface area contributed by atoms with Gasteiger partial charge in [-0.25, -0.2) is 4.79 Å². The Labute approximate surface area is 170 Å². The van der Waals surface area contributed by atoms with E-state index in [9.17, 15) is 9.59 Å². The molecule has 0 bridgehead atoms. The Morgan fingerprint density at radius 1 is 1.07 bits per heavy atom. The van der Waals surface area contributed by atoms with Crippen molar-refractivity contribution in [2.24, 2.45) is 0 Å². The molecule has 0 spiro atoms. The van der Waals surface area contributed by atoms with Crippen LogP contribution in [0.3, 0.4) is 0 Å². The molecule has 0 aliphatic carbocycles. The summed E-state index contributed by atoms with van der Waals surface area (Å²) in [7, 11) is 0. The molecule has 0 saturated carbocycles. The number of hydrogen-bond donors (Lipinski definition) is 3. The van der Waals surface area contributed by atoms with Gasteiger partial charge in [0.1, 0.15) is 6.04 Å². The van der Waals surface area contributed by atoms with Crippen LogP contribution in [0.4, 0.5) is 10.5 Å². The van der Waals surface area contributed by atoms with Crippen molar-refractivity contribution in [1.82, 2.24) is 10.3 Å². The number of alkyl carbamates (subject to hydrolysis) is 1. The van der Waals surface area contributed by atoms with Crippen molar-refractivity contribution >= 4 is 28.6 Å². The fraction of sp³-hybridized carbons (Fsp3) is 0.304. The number of ether oxygens (including phenoxy) is 1. The van der Waals surface area contributed by atoms with Crippen LogP contribution in [0, 0.1) is 0 Å². The third-order valence-electron chi connectivity index (χ3n) is 4.82. The summed E-state index contributed by atoms with van der Waals surface area (Å²) in [5.41, 5.74) is 3.74. The molecule has 6 nitrogen and oxygen atoms in total. The number of carbonyl (C=O) groups excluding carboxylic acids is 2. The molecule has 6 heteroatoms. The molecule has 3 N–H and O–H groups in total. The molecule has 0 aliphatic heterocycles.